The molecule has 0 unspecified atom stereocenters. The minimum absolute atomic E-state index is 0.0384. The van der Waals surface area contributed by atoms with E-state index in [0.717, 1.165) is 11.0 Å². The van der Waals surface area contributed by atoms with E-state index in [-0.39, 0.29) is 17.4 Å². The highest BCUT2D eigenvalue weighted by atomic mass is 32.2. The maximum Gasteiger partial charge on any atom is 0.173 e. The minimum Gasteiger partial charge on any atom is -0.333 e. The number of carbonyl (C=O) groups excluding carboxylic acids is 1. The van der Waals surface area contributed by atoms with Crippen molar-refractivity contribution in [2.24, 2.45) is 0 Å². The molecular weight excluding hydrogens is 287 g/mol. The predicted octanol–water partition coefficient (Wildman–Crippen LogP) is 3.99. The molecular formula is C16H13FN2OS. The zero-order chi connectivity index (χ0) is 14.8. The number of nitrogens with one attached hydrogen (secondary N) is 1. The van der Waals surface area contributed by atoms with Crippen molar-refractivity contribution in [3.05, 3.63) is 59.4 Å². The summed E-state index contributed by atoms with van der Waals surface area (Å²) in [5.41, 5.74) is 2.84. The van der Waals surface area contributed by atoms with Gasteiger partial charge >= 0.3 is 0 Å². The van der Waals surface area contributed by atoms with E-state index >= 15 is 0 Å². The van der Waals surface area contributed by atoms with Crippen molar-refractivity contribution in [2.45, 2.75) is 12.1 Å². The Morgan fingerprint density at radius 1 is 1.29 bits per heavy atom. The summed E-state index contributed by atoms with van der Waals surface area (Å²) in [7, 11) is 0. The van der Waals surface area contributed by atoms with E-state index < -0.39 is 0 Å². The number of hydrogen-bond acceptors (Lipinski definition) is 3. The summed E-state index contributed by atoms with van der Waals surface area (Å²) in [6, 6.07) is 12.1. The van der Waals surface area contributed by atoms with E-state index in [1.807, 2.05) is 24.3 Å². The molecule has 1 N–H and O–H groups in total. The van der Waals surface area contributed by atoms with Crippen LogP contribution in [-0.2, 0) is 0 Å². The summed E-state index contributed by atoms with van der Waals surface area (Å²) in [5, 5.41) is 0.711. The molecule has 0 radical (unpaired) electrons. The van der Waals surface area contributed by atoms with Crippen molar-refractivity contribution in [3.63, 3.8) is 0 Å². The lowest BCUT2D eigenvalue weighted by molar-refractivity contribution is 0.102. The summed E-state index contributed by atoms with van der Waals surface area (Å²) in [5.74, 6) is -0.0645. The number of rotatable bonds is 4. The van der Waals surface area contributed by atoms with Crippen LogP contribution in [0, 0.1) is 12.7 Å². The molecule has 0 saturated heterocycles. The van der Waals surface area contributed by atoms with Gasteiger partial charge in [0.05, 0.1) is 16.8 Å². The molecule has 1 aromatic heterocycles. The van der Waals surface area contributed by atoms with Gasteiger partial charge in [0.1, 0.15) is 5.82 Å². The van der Waals surface area contributed by atoms with Gasteiger partial charge in [-0.25, -0.2) is 9.37 Å². The number of aromatic nitrogens is 2. The Bertz CT molecular complexity index is 780. The number of carbonyl (C=O) groups is 1. The van der Waals surface area contributed by atoms with Crippen LogP contribution in [0.3, 0.4) is 0 Å². The fourth-order valence-electron chi connectivity index (χ4n) is 2.03. The number of fused-ring (bicyclic) bond motifs is 1. The molecule has 2 aromatic carbocycles. The standard InChI is InChI=1S/C16H13FN2OS/c1-10-8-11(6-7-12(10)17)15(20)9-21-16-18-13-4-2-3-5-14(13)19-16/h2-8H,9H2,1H3,(H,18,19). The average molecular weight is 300 g/mol. The van der Waals surface area contributed by atoms with Gasteiger partial charge in [-0.3, -0.25) is 4.79 Å². The summed E-state index contributed by atoms with van der Waals surface area (Å²) >= 11 is 1.35. The molecule has 0 atom stereocenters. The first-order valence-corrected chi connectivity index (χ1v) is 7.49. The van der Waals surface area contributed by atoms with Gasteiger partial charge in [-0.2, -0.15) is 0 Å². The molecule has 0 amide bonds. The quantitative estimate of drug-likeness (QED) is 0.585. The van der Waals surface area contributed by atoms with Gasteiger partial charge in [-0.05, 0) is 42.8 Å². The van der Waals surface area contributed by atoms with Gasteiger partial charge in [-0.15, -0.1) is 0 Å². The molecule has 0 aliphatic rings. The maximum absolute atomic E-state index is 13.2. The maximum atomic E-state index is 13.2. The molecule has 0 spiro atoms. The first-order valence-electron chi connectivity index (χ1n) is 6.50. The number of aromatic amines is 1. The summed E-state index contributed by atoms with van der Waals surface area (Å²) in [6.07, 6.45) is 0. The first-order chi connectivity index (χ1) is 10.1. The number of H-pyrrole nitrogens is 1. The van der Waals surface area contributed by atoms with Gasteiger partial charge in [0.2, 0.25) is 0 Å². The normalized spacial score (nSPS) is 11.0. The number of nitrogens with zero attached hydrogens (tertiary/aromatic N) is 1. The monoisotopic (exact) mass is 300 g/mol. The van der Waals surface area contributed by atoms with Crippen LogP contribution in [0.15, 0.2) is 47.6 Å². The summed E-state index contributed by atoms with van der Waals surface area (Å²) < 4.78 is 13.2. The van der Waals surface area contributed by atoms with E-state index in [4.69, 9.17) is 0 Å². The average Bonchev–Trinajstić information content (AvgIpc) is 2.90. The summed E-state index contributed by atoms with van der Waals surface area (Å²) in [6.45, 7) is 1.65. The Morgan fingerprint density at radius 2 is 2.10 bits per heavy atom. The van der Waals surface area contributed by atoms with Gasteiger partial charge < -0.3 is 4.98 Å². The van der Waals surface area contributed by atoms with Gasteiger partial charge in [0.25, 0.3) is 0 Å². The topological polar surface area (TPSA) is 45.8 Å². The molecule has 0 aliphatic heterocycles. The highest BCUT2D eigenvalue weighted by Crippen LogP contribution is 2.20. The lowest BCUT2D eigenvalue weighted by Crippen LogP contribution is -2.03. The molecule has 106 valence electrons. The zero-order valence-corrected chi connectivity index (χ0v) is 12.2. The third-order valence-corrected chi connectivity index (χ3v) is 4.06. The fourth-order valence-corrected chi connectivity index (χ4v) is 2.81. The van der Waals surface area contributed by atoms with Crippen molar-refractivity contribution < 1.29 is 9.18 Å². The number of ketones is 1. The number of para-hydroxylation sites is 2. The van der Waals surface area contributed by atoms with Crippen molar-refractivity contribution in [2.75, 3.05) is 5.75 Å². The van der Waals surface area contributed by atoms with Crippen LogP contribution >= 0.6 is 11.8 Å². The molecule has 1 heterocycles. The third-order valence-electron chi connectivity index (χ3n) is 3.19. The van der Waals surface area contributed by atoms with Gasteiger partial charge in [0.15, 0.2) is 10.9 Å². The molecule has 21 heavy (non-hydrogen) atoms. The summed E-state index contributed by atoms with van der Waals surface area (Å²) in [4.78, 5) is 19.7. The van der Waals surface area contributed by atoms with E-state index in [9.17, 15) is 9.18 Å². The number of hydrogen-bond donors (Lipinski definition) is 1. The van der Waals surface area contributed by atoms with Crippen LogP contribution in [0.1, 0.15) is 15.9 Å². The second-order valence-electron chi connectivity index (χ2n) is 4.73. The van der Waals surface area contributed by atoms with Crippen molar-refractivity contribution in [1.29, 1.82) is 0 Å². The molecule has 0 saturated carbocycles. The minimum atomic E-state index is -0.295. The van der Waals surface area contributed by atoms with E-state index in [0.29, 0.717) is 16.3 Å². The second-order valence-corrected chi connectivity index (χ2v) is 5.70. The molecule has 3 nitrogen and oxygen atoms in total. The molecule has 0 aliphatic carbocycles. The van der Waals surface area contributed by atoms with Crippen LogP contribution in [-0.4, -0.2) is 21.5 Å². The number of aryl methyl sites for hydroxylation is 1. The van der Waals surface area contributed by atoms with Gasteiger partial charge in [0, 0.05) is 5.56 Å². The molecule has 3 aromatic rings. The predicted molar refractivity (Wildman–Crippen MR) is 82.3 cm³/mol. The Labute approximate surface area is 125 Å². The highest BCUT2D eigenvalue weighted by Gasteiger charge is 2.10. The third kappa shape index (κ3) is 2.97. The highest BCUT2D eigenvalue weighted by molar-refractivity contribution is 7.99. The first kappa shape index (κ1) is 13.8. The van der Waals surface area contributed by atoms with Crippen molar-refractivity contribution in [3.8, 4) is 0 Å². The van der Waals surface area contributed by atoms with Gasteiger partial charge in [-0.1, -0.05) is 23.9 Å². The Morgan fingerprint density at radius 3 is 2.86 bits per heavy atom. The molecule has 5 heteroatoms. The smallest absolute Gasteiger partial charge is 0.173 e. The Balaban J connectivity index is 1.71. The fraction of sp³-hybridized carbons (Fsp3) is 0.125. The Hall–Kier alpha value is -2.14. The van der Waals surface area contributed by atoms with Crippen molar-refractivity contribution in [1.82, 2.24) is 9.97 Å². The van der Waals surface area contributed by atoms with E-state index in [2.05, 4.69) is 9.97 Å². The zero-order valence-electron chi connectivity index (χ0n) is 11.4. The largest absolute Gasteiger partial charge is 0.333 e. The van der Waals surface area contributed by atoms with Crippen LogP contribution in [0.2, 0.25) is 0 Å². The number of halogens is 1. The SMILES string of the molecule is Cc1cc(C(=O)CSc2nc3ccccc3[nH]2)ccc1F. The second kappa shape index (κ2) is 5.69. The van der Waals surface area contributed by atoms with Crippen LogP contribution < -0.4 is 0 Å². The lowest BCUT2D eigenvalue weighted by Gasteiger charge is -2.02. The number of imidazole rings is 1. The number of benzene rings is 2. The number of thioether (sulfide) groups is 1. The van der Waals surface area contributed by atoms with Crippen LogP contribution in [0.25, 0.3) is 11.0 Å². The molecule has 0 bridgehead atoms. The molecule has 0 fully saturated rings. The van der Waals surface area contributed by atoms with Crippen LogP contribution in [0.4, 0.5) is 4.39 Å². The Kier molecular flexibility index (Phi) is 3.75. The number of Topliss-reactive ketones (excluding diaryl/α,β-unsaturated/α-hetero) is 1. The van der Waals surface area contributed by atoms with E-state index in [1.54, 1.807) is 13.0 Å². The molecule has 3 rings (SSSR count). The lowest BCUT2D eigenvalue weighted by atomic mass is 10.1. The van der Waals surface area contributed by atoms with Crippen LogP contribution in [0.5, 0.6) is 0 Å². The van der Waals surface area contributed by atoms with E-state index in [1.165, 1.54) is 23.9 Å². The van der Waals surface area contributed by atoms with Crippen molar-refractivity contribution >= 4 is 28.6 Å².